The highest BCUT2D eigenvalue weighted by Crippen LogP contribution is 2.22. The van der Waals surface area contributed by atoms with Crippen molar-refractivity contribution in [2.45, 2.75) is 39.2 Å². The third kappa shape index (κ3) is 3.77. The zero-order valence-electron chi connectivity index (χ0n) is 11.8. The number of nitrogens with one attached hydrogen (secondary N) is 1. The van der Waals surface area contributed by atoms with Crippen LogP contribution in [0.3, 0.4) is 0 Å². The Bertz CT molecular complexity index is 360. The van der Waals surface area contributed by atoms with E-state index in [-0.39, 0.29) is 0 Å². The predicted octanol–water partition coefficient (Wildman–Crippen LogP) is 2.70. The first kappa shape index (κ1) is 14.0. The lowest BCUT2D eigenvalue weighted by molar-refractivity contribution is 0.165. The molecule has 1 aliphatic heterocycles. The van der Waals surface area contributed by atoms with E-state index in [1.807, 2.05) is 18.4 Å². The molecule has 0 aliphatic carbocycles. The Hall–Kier alpha value is -0.450. The van der Waals surface area contributed by atoms with E-state index in [9.17, 15) is 0 Å². The predicted molar refractivity (Wildman–Crippen MR) is 78.1 cm³/mol. The molecular weight excluding hydrogens is 242 g/mol. The molecule has 0 bridgehead atoms. The Balaban J connectivity index is 1.87. The first-order chi connectivity index (χ1) is 8.69. The van der Waals surface area contributed by atoms with Crippen molar-refractivity contribution >= 4 is 11.3 Å². The van der Waals surface area contributed by atoms with Gasteiger partial charge in [-0.05, 0) is 38.9 Å². The van der Waals surface area contributed by atoms with Gasteiger partial charge < -0.3 is 5.32 Å². The minimum absolute atomic E-state index is 0.558. The maximum absolute atomic E-state index is 4.74. The SMILES string of the molecule is CNCC1CCCN(Cc2csc(C(C)C)n2)C1. The lowest BCUT2D eigenvalue weighted by Crippen LogP contribution is -2.38. The Labute approximate surface area is 115 Å². The van der Waals surface area contributed by atoms with E-state index in [4.69, 9.17) is 4.98 Å². The zero-order valence-corrected chi connectivity index (χ0v) is 12.6. The molecular formula is C14H25N3S. The van der Waals surface area contributed by atoms with Crippen LogP contribution in [0.15, 0.2) is 5.38 Å². The molecule has 0 aromatic carbocycles. The molecule has 0 spiro atoms. The van der Waals surface area contributed by atoms with E-state index >= 15 is 0 Å². The highest BCUT2D eigenvalue weighted by molar-refractivity contribution is 7.09. The van der Waals surface area contributed by atoms with Crippen molar-refractivity contribution in [2.75, 3.05) is 26.7 Å². The van der Waals surface area contributed by atoms with E-state index in [1.54, 1.807) is 0 Å². The molecule has 1 atom stereocenters. The highest BCUT2D eigenvalue weighted by Gasteiger charge is 2.20. The van der Waals surface area contributed by atoms with Gasteiger partial charge in [0.2, 0.25) is 0 Å². The van der Waals surface area contributed by atoms with Gasteiger partial charge in [0.1, 0.15) is 0 Å². The van der Waals surface area contributed by atoms with Gasteiger partial charge >= 0.3 is 0 Å². The number of hydrogen-bond donors (Lipinski definition) is 1. The van der Waals surface area contributed by atoms with E-state index < -0.39 is 0 Å². The summed E-state index contributed by atoms with van der Waals surface area (Å²) in [4.78, 5) is 7.30. The fourth-order valence-electron chi connectivity index (χ4n) is 2.64. The van der Waals surface area contributed by atoms with Gasteiger partial charge in [0.15, 0.2) is 0 Å². The zero-order chi connectivity index (χ0) is 13.0. The molecule has 3 nitrogen and oxygen atoms in total. The van der Waals surface area contributed by atoms with Gasteiger partial charge in [-0.15, -0.1) is 11.3 Å². The number of hydrogen-bond acceptors (Lipinski definition) is 4. The van der Waals surface area contributed by atoms with Crippen LogP contribution in [0.2, 0.25) is 0 Å². The van der Waals surface area contributed by atoms with E-state index in [2.05, 4.69) is 29.4 Å². The second-order valence-electron chi connectivity index (χ2n) is 5.63. The van der Waals surface area contributed by atoms with Crippen molar-refractivity contribution in [1.82, 2.24) is 15.2 Å². The molecule has 1 fully saturated rings. The topological polar surface area (TPSA) is 28.2 Å². The van der Waals surface area contributed by atoms with E-state index in [0.717, 1.165) is 19.0 Å². The molecule has 4 heteroatoms. The Morgan fingerprint density at radius 2 is 2.39 bits per heavy atom. The maximum Gasteiger partial charge on any atom is 0.0954 e. The summed E-state index contributed by atoms with van der Waals surface area (Å²) < 4.78 is 0. The average Bonchev–Trinajstić information content (AvgIpc) is 2.78. The van der Waals surface area contributed by atoms with Gasteiger partial charge in [-0.3, -0.25) is 4.90 Å². The van der Waals surface area contributed by atoms with Crippen molar-refractivity contribution in [3.8, 4) is 0 Å². The van der Waals surface area contributed by atoms with Gasteiger partial charge in [0, 0.05) is 24.4 Å². The monoisotopic (exact) mass is 267 g/mol. The lowest BCUT2D eigenvalue weighted by Gasteiger charge is -2.32. The van der Waals surface area contributed by atoms with Crippen molar-refractivity contribution in [2.24, 2.45) is 5.92 Å². The summed E-state index contributed by atoms with van der Waals surface area (Å²) in [6, 6.07) is 0. The highest BCUT2D eigenvalue weighted by atomic mass is 32.1. The van der Waals surface area contributed by atoms with Gasteiger partial charge in [-0.1, -0.05) is 13.8 Å². The van der Waals surface area contributed by atoms with E-state index in [1.165, 1.54) is 36.6 Å². The van der Waals surface area contributed by atoms with Crippen LogP contribution in [0.25, 0.3) is 0 Å². The minimum atomic E-state index is 0.558. The summed E-state index contributed by atoms with van der Waals surface area (Å²) in [5.74, 6) is 1.37. The van der Waals surface area contributed by atoms with Crippen molar-refractivity contribution in [3.05, 3.63) is 16.1 Å². The third-order valence-corrected chi connectivity index (χ3v) is 4.74. The van der Waals surface area contributed by atoms with Crippen LogP contribution in [-0.4, -0.2) is 36.6 Å². The number of nitrogens with zero attached hydrogens (tertiary/aromatic N) is 2. The largest absolute Gasteiger partial charge is 0.319 e. The molecule has 102 valence electrons. The summed E-state index contributed by atoms with van der Waals surface area (Å²) in [6.45, 7) is 9.05. The molecule has 1 aromatic heterocycles. The molecule has 2 rings (SSSR count). The second kappa shape index (κ2) is 6.64. The Morgan fingerprint density at radius 3 is 3.06 bits per heavy atom. The molecule has 2 heterocycles. The maximum atomic E-state index is 4.74. The summed E-state index contributed by atoms with van der Waals surface area (Å²) in [5.41, 5.74) is 1.26. The summed E-state index contributed by atoms with van der Waals surface area (Å²) >= 11 is 1.81. The molecule has 18 heavy (non-hydrogen) atoms. The van der Waals surface area contributed by atoms with Crippen molar-refractivity contribution in [3.63, 3.8) is 0 Å². The molecule has 0 saturated carbocycles. The number of aromatic nitrogens is 1. The average molecular weight is 267 g/mol. The van der Waals surface area contributed by atoms with Crippen LogP contribution in [0.4, 0.5) is 0 Å². The van der Waals surface area contributed by atoms with Crippen molar-refractivity contribution in [1.29, 1.82) is 0 Å². The smallest absolute Gasteiger partial charge is 0.0954 e. The van der Waals surface area contributed by atoms with Crippen LogP contribution in [0, 0.1) is 5.92 Å². The van der Waals surface area contributed by atoms with E-state index in [0.29, 0.717) is 5.92 Å². The summed E-state index contributed by atoms with van der Waals surface area (Å²) in [7, 11) is 2.05. The minimum Gasteiger partial charge on any atom is -0.319 e. The fourth-order valence-corrected chi connectivity index (χ4v) is 3.47. The van der Waals surface area contributed by atoms with Gasteiger partial charge in [-0.2, -0.15) is 0 Å². The van der Waals surface area contributed by atoms with Gasteiger partial charge in [0.05, 0.1) is 10.7 Å². The lowest BCUT2D eigenvalue weighted by atomic mass is 9.98. The Kier molecular flexibility index (Phi) is 5.15. The molecule has 1 aliphatic rings. The quantitative estimate of drug-likeness (QED) is 0.889. The first-order valence-electron chi connectivity index (χ1n) is 7.00. The summed E-state index contributed by atoms with van der Waals surface area (Å²) in [6.07, 6.45) is 2.69. The molecule has 1 unspecified atom stereocenters. The third-order valence-electron chi connectivity index (χ3n) is 3.54. The number of rotatable bonds is 5. The summed E-state index contributed by atoms with van der Waals surface area (Å²) in [5, 5.41) is 6.81. The van der Waals surface area contributed by atoms with Crippen LogP contribution in [0.5, 0.6) is 0 Å². The molecule has 1 N–H and O–H groups in total. The van der Waals surface area contributed by atoms with Crippen molar-refractivity contribution < 1.29 is 0 Å². The van der Waals surface area contributed by atoms with Crippen LogP contribution >= 0.6 is 11.3 Å². The second-order valence-corrected chi connectivity index (χ2v) is 6.52. The number of piperidine rings is 1. The fraction of sp³-hybridized carbons (Fsp3) is 0.786. The van der Waals surface area contributed by atoms with Crippen LogP contribution in [0.1, 0.15) is 43.3 Å². The molecule has 1 saturated heterocycles. The van der Waals surface area contributed by atoms with Gasteiger partial charge in [0.25, 0.3) is 0 Å². The first-order valence-corrected chi connectivity index (χ1v) is 7.88. The molecule has 0 radical (unpaired) electrons. The molecule has 1 aromatic rings. The van der Waals surface area contributed by atoms with Crippen LogP contribution in [-0.2, 0) is 6.54 Å². The standard InChI is InChI=1S/C14H25N3S/c1-11(2)14-16-13(10-18-14)9-17-6-4-5-12(8-17)7-15-3/h10-12,15H,4-9H2,1-3H3. The number of thiazole rings is 1. The number of likely N-dealkylation sites (tertiary alicyclic amines) is 1. The molecule has 0 amide bonds. The van der Waals surface area contributed by atoms with Crippen LogP contribution < -0.4 is 5.32 Å². The normalized spacial score (nSPS) is 21.7. The Morgan fingerprint density at radius 1 is 1.56 bits per heavy atom. The van der Waals surface area contributed by atoms with Gasteiger partial charge in [-0.25, -0.2) is 4.98 Å².